The van der Waals surface area contributed by atoms with E-state index in [2.05, 4.69) is 150 Å². The lowest BCUT2D eigenvalue weighted by atomic mass is 9.72. The number of ether oxygens (including phenoxy) is 2. The average Bonchev–Trinajstić information content (AvgIpc) is 3.23. The van der Waals surface area contributed by atoms with Crippen molar-refractivity contribution in [3.8, 4) is 0 Å². The van der Waals surface area contributed by atoms with Gasteiger partial charge in [-0.2, -0.15) is 0 Å². The van der Waals surface area contributed by atoms with Crippen LogP contribution in [0, 0.1) is 16.2 Å². The van der Waals surface area contributed by atoms with E-state index >= 15 is 0 Å². The molecule has 0 unspecified atom stereocenters. The molecule has 0 fully saturated rings. The SMILES string of the molecule is C=C(/C=C/OC(C)=O)CC/C=C(C)/C=C/C1=C(C)CCCC1(C)C.CC(=O)O/C=C/C(C)=C/C/C=C(C)/C=C/C1=C(C)CCCC1(C)C.CC1=C(/C=C/C(C)=C/CC/C(C)=C/C=O)C(C)(C)CCC1. The van der Waals surface area contributed by atoms with Gasteiger partial charge in [0.25, 0.3) is 0 Å². The van der Waals surface area contributed by atoms with Crippen LogP contribution in [0.15, 0.2) is 165 Å². The van der Waals surface area contributed by atoms with Crippen LogP contribution in [0.2, 0.25) is 0 Å². The standard InChI is InChI=1S/2C22H32O2.C20H30O/c2*1-17(9-7-10-18(2)14-16-24-20(4)23)12-13-21-19(3)11-8-15-22(21,5)6;1-16(8-6-9-17(2)13-15-21)11-12-19-18(3)10-7-14-20(19,4)5/h9-10,12-14,16H,7-8,11,15H2,1-6H3;9,12-14,16H,2,7-8,10-11,15H2,1,3-6H3;8,11-13,15H,6-7,9-10,14H2,1-5H3/b13-12+,16-14+,17-9+,18-10+;13-12+,16-14+,17-9+;12-11+,16-8+,17-13+. The van der Waals surface area contributed by atoms with Gasteiger partial charge in [-0.25, -0.2) is 0 Å². The highest BCUT2D eigenvalue weighted by Crippen LogP contribution is 2.43. The number of esters is 2. The first-order valence-electron chi connectivity index (χ1n) is 25.6. The van der Waals surface area contributed by atoms with Crippen LogP contribution >= 0.6 is 0 Å². The first kappa shape index (κ1) is 62.0. The normalized spacial score (nSPS) is 19.3. The van der Waals surface area contributed by atoms with Gasteiger partial charge in [0.1, 0.15) is 6.29 Å². The minimum atomic E-state index is -0.310. The number of rotatable bonds is 19. The lowest BCUT2D eigenvalue weighted by molar-refractivity contribution is -0.136. The van der Waals surface area contributed by atoms with Gasteiger partial charge in [0.05, 0.1) is 12.5 Å². The van der Waals surface area contributed by atoms with Crippen LogP contribution in [-0.2, 0) is 23.9 Å². The van der Waals surface area contributed by atoms with Gasteiger partial charge in [-0.3, -0.25) is 14.4 Å². The van der Waals surface area contributed by atoms with Crippen LogP contribution in [0.5, 0.6) is 0 Å². The van der Waals surface area contributed by atoms with E-state index in [1.54, 1.807) is 23.8 Å². The molecule has 0 aliphatic heterocycles. The number of hydrogen-bond acceptors (Lipinski definition) is 5. The molecule has 69 heavy (non-hydrogen) atoms. The smallest absolute Gasteiger partial charge is 0.307 e. The van der Waals surface area contributed by atoms with Gasteiger partial charge in [0.2, 0.25) is 0 Å². The molecule has 5 heteroatoms. The third-order valence-corrected chi connectivity index (χ3v) is 13.4. The molecular weight excluding hydrogens is 849 g/mol. The molecular formula is C64H94O5. The summed E-state index contributed by atoms with van der Waals surface area (Å²) in [5.74, 6) is -0.606. The van der Waals surface area contributed by atoms with E-state index in [9.17, 15) is 14.4 Å². The Hall–Kier alpha value is -5.03. The molecule has 0 amide bonds. The topological polar surface area (TPSA) is 69.7 Å². The van der Waals surface area contributed by atoms with E-state index < -0.39 is 0 Å². The Morgan fingerprint density at radius 3 is 1.23 bits per heavy atom. The maximum atomic E-state index is 10.7. The van der Waals surface area contributed by atoms with Crippen molar-refractivity contribution in [2.45, 2.75) is 201 Å². The molecule has 0 spiro atoms. The second-order valence-electron chi connectivity index (χ2n) is 21.5. The van der Waals surface area contributed by atoms with Crippen molar-refractivity contribution < 1.29 is 23.9 Å². The Kier molecular flexibility index (Phi) is 28.7. The van der Waals surface area contributed by atoms with Crippen LogP contribution in [0.25, 0.3) is 0 Å². The zero-order chi connectivity index (χ0) is 52.2. The molecule has 0 aromatic heterocycles. The quantitative estimate of drug-likeness (QED) is 0.0424. The molecule has 3 rings (SSSR count). The summed E-state index contributed by atoms with van der Waals surface area (Å²) in [6.45, 7) is 38.0. The molecule has 0 saturated heterocycles. The first-order valence-corrected chi connectivity index (χ1v) is 25.6. The van der Waals surface area contributed by atoms with Gasteiger partial charge in [0, 0.05) is 13.8 Å². The molecule has 0 bridgehead atoms. The summed E-state index contributed by atoms with van der Waals surface area (Å²) in [5.41, 5.74) is 17.0. The lowest BCUT2D eigenvalue weighted by Gasteiger charge is -2.33. The van der Waals surface area contributed by atoms with Crippen molar-refractivity contribution >= 4 is 18.2 Å². The number of hydrogen-bond donors (Lipinski definition) is 0. The molecule has 0 atom stereocenters. The van der Waals surface area contributed by atoms with E-state index in [0.717, 1.165) is 55.1 Å². The van der Waals surface area contributed by atoms with Crippen molar-refractivity contribution in [2.24, 2.45) is 16.2 Å². The van der Waals surface area contributed by atoms with Crippen LogP contribution in [0.1, 0.15) is 201 Å². The van der Waals surface area contributed by atoms with Gasteiger partial charge in [-0.05, 0) is 196 Å². The van der Waals surface area contributed by atoms with Gasteiger partial charge >= 0.3 is 11.9 Å². The third-order valence-electron chi connectivity index (χ3n) is 13.4. The first-order chi connectivity index (χ1) is 32.3. The third kappa shape index (κ3) is 26.5. The molecule has 3 aliphatic carbocycles. The Balaban J connectivity index is 0.000000519. The lowest BCUT2D eigenvalue weighted by Crippen LogP contribution is -2.19. The highest BCUT2D eigenvalue weighted by atomic mass is 16.5. The summed E-state index contributed by atoms with van der Waals surface area (Å²) < 4.78 is 9.55. The van der Waals surface area contributed by atoms with Crippen molar-refractivity contribution in [3.63, 3.8) is 0 Å². The average molecular weight is 943 g/mol. The van der Waals surface area contributed by atoms with Crippen LogP contribution < -0.4 is 0 Å². The second kappa shape index (κ2) is 32.0. The fourth-order valence-electron chi connectivity index (χ4n) is 9.14. The molecule has 5 nitrogen and oxygen atoms in total. The van der Waals surface area contributed by atoms with E-state index in [1.807, 2.05) is 13.8 Å². The van der Waals surface area contributed by atoms with E-state index in [4.69, 9.17) is 9.47 Å². The zero-order valence-electron chi connectivity index (χ0n) is 46.4. The Labute approximate surface area is 422 Å². The summed E-state index contributed by atoms with van der Waals surface area (Å²) in [7, 11) is 0. The van der Waals surface area contributed by atoms with Gasteiger partial charge in [-0.15, -0.1) is 0 Å². The monoisotopic (exact) mass is 943 g/mol. The van der Waals surface area contributed by atoms with Gasteiger partial charge in [0.15, 0.2) is 0 Å². The fourth-order valence-corrected chi connectivity index (χ4v) is 9.14. The molecule has 0 aromatic carbocycles. The zero-order valence-corrected chi connectivity index (χ0v) is 46.4. The fraction of sp³-hybridized carbons (Fsp3) is 0.516. The van der Waals surface area contributed by atoms with Crippen LogP contribution in [0.3, 0.4) is 0 Å². The maximum Gasteiger partial charge on any atom is 0.307 e. The van der Waals surface area contributed by atoms with E-state index in [1.165, 1.54) is 129 Å². The van der Waals surface area contributed by atoms with Crippen molar-refractivity contribution in [3.05, 3.63) is 165 Å². The second-order valence-corrected chi connectivity index (χ2v) is 21.5. The molecule has 0 heterocycles. The predicted molar refractivity (Wildman–Crippen MR) is 297 cm³/mol. The van der Waals surface area contributed by atoms with Gasteiger partial charge in [-0.1, -0.05) is 159 Å². The molecule has 380 valence electrons. The van der Waals surface area contributed by atoms with Crippen molar-refractivity contribution in [2.75, 3.05) is 0 Å². The van der Waals surface area contributed by atoms with Crippen molar-refractivity contribution in [1.82, 2.24) is 0 Å². The Morgan fingerprint density at radius 1 is 0.522 bits per heavy atom. The molecule has 0 aromatic rings. The van der Waals surface area contributed by atoms with Gasteiger partial charge < -0.3 is 9.47 Å². The minimum Gasteiger partial charge on any atom is -0.435 e. The Morgan fingerprint density at radius 2 is 0.870 bits per heavy atom. The minimum absolute atomic E-state index is 0.287. The highest BCUT2D eigenvalue weighted by molar-refractivity contribution is 5.67. The largest absolute Gasteiger partial charge is 0.435 e. The summed E-state index contributed by atoms with van der Waals surface area (Å²) >= 11 is 0. The number of carbonyl (C=O) groups excluding carboxylic acids is 3. The molecule has 0 N–H and O–H groups in total. The number of aldehydes is 1. The molecule has 0 radical (unpaired) electrons. The highest BCUT2D eigenvalue weighted by Gasteiger charge is 2.28. The van der Waals surface area contributed by atoms with Crippen LogP contribution in [-0.4, -0.2) is 18.2 Å². The summed E-state index contributed by atoms with van der Waals surface area (Å²) in [6.07, 6.45) is 47.4. The predicted octanol–water partition coefficient (Wildman–Crippen LogP) is 18.8. The summed E-state index contributed by atoms with van der Waals surface area (Å²) in [5, 5.41) is 0. The molecule has 3 aliphatic rings. The molecule has 0 saturated carbocycles. The van der Waals surface area contributed by atoms with E-state index in [-0.39, 0.29) is 22.8 Å². The Bertz CT molecular complexity index is 2150. The summed E-state index contributed by atoms with van der Waals surface area (Å²) in [6, 6.07) is 0. The van der Waals surface area contributed by atoms with Crippen LogP contribution in [0.4, 0.5) is 0 Å². The maximum absolute atomic E-state index is 10.7. The number of allylic oxidation sites excluding steroid dienone is 25. The summed E-state index contributed by atoms with van der Waals surface area (Å²) in [4.78, 5) is 31.7. The number of carbonyl (C=O) groups is 3. The van der Waals surface area contributed by atoms with E-state index in [0.29, 0.717) is 5.41 Å². The van der Waals surface area contributed by atoms with Crippen molar-refractivity contribution in [1.29, 1.82) is 0 Å².